The second-order valence-electron chi connectivity index (χ2n) is 6.61. The van der Waals surface area contributed by atoms with Gasteiger partial charge in [-0.3, -0.25) is 4.79 Å². The molecule has 0 aliphatic heterocycles. The fourth-order valence-electron chi connectivity index (χ4n) is 2.88. The predicted octanol–water partition coefficient (Wildman–Crippen LogP) is 2.32. The monoisotopic (exact) mass is 369 g/mol. The summed E-state index contributed by atoms with van der Waals surface area (Å²) < 4.78 is 36.4. The van der Waals surface area contributed by atoms with Crippen LogP contribution in [0.5, 0.6) is 0 Å². The van der Waals surface area contributed by atoms with Crippen molar-refractivity contribution in [1.29, 1.82) is 0 Å². The van der Waals surface area contributed by atoms with Gasteiger partial charge in [-0.05, 0) is 43.4 Å². The van der Waals surface area contributed by atoms with Crippen molar-refractivity contribution in [2.75, 3.05) is 6.54 Å². The van der Waals surface area contributed by atoms with E-state index in [4.69, 9.17) is 0 Å². The highest BCUT2D eigenvalue weighted by Crippen LogP contribution is 2.27. The number of alkyl halides is 3. The van der Waals surface area contributed by atoms with E-state index in [9.17, 15) is 28.2 Å². The number of nitrogens with one attached hydrogen (secondary N) is 1. The molecule has 0 radical (unpaired) electrons. The molecule has 1 fully saturated rings. The fourth-order valence-corrected chi connectivity index (χ4v) is 2.88. The van der Waals surface area contributed by atoms with Gasteiger partial charge < -0.3 is 15.5 Å². The minimum absolute atomic E-state index is 0.0813. The minimum atomic E-state index is -4.96. The molecule has 0 bridgehead atoms. The number of aliphatic hydroxyl groups is 2. The van der Waals surface area contributed by atoms with Gasteiger partial charge in [0, 0.05) is 18.5 Å². The Morgan fingerprint density at radius 1 is 1.27 bits per heavy atom. The molecule has 1 amide bonds. The lowest BCUT2D eigenvalue weighted by atomic mass is 9.85. The zero-order valence-corrected chi connectivity index (χ0v) is 14.3. The van der Waals surface area contributed by atoms with Crippen molar-refractivity contribution in [3.8, 4) is 11.8 Å². The SMILES string of the molecule is O=C(NCC(O)Cc1cccc(C#CC2(O)CCCCC2)c1)C(F)(F)F. The highest BCUT2D eigenvalue weighted by Gasteiger charge is 2.38. The van der Waals surface area contributed by atoms with E-state index in [1.165, 1.54) is 0 Å². The molecule has 3 N–H and O–H groups in total. The molecule has 142 valence electrons. The van der Waals surface area contributed by atoms with Crippen LogP contribution in [0, 0.1) is 11.8 Å². The van der Waals surface area contributed by atoms with Crippen LogP contribution in [0.15, 0.2) is 24.3 Å². The molecular weight excluding hydrogens is 347 g/mol. The third kappa shape index (κ3) is 6.36. The van der Waals surface area contributed by atoms with E-state index in [0.717, 1.165) is 19.3 Å². The van der Waals surface area contributed by atoms with Gasteiger partial charge in [0.15, 0.2) is 0 Å². The van der Waals surface area contributed by atoms with E-state index in [1.807, 2.05) is 0 Å². The molecule has 1 saturated carbocycles. The van der Waals surface area contributed by atoms with Crippen molar-refractivity contribution in [3.63, 3.8) is 0 Å². The lowest BCUT2D eigenvalue weighted by Crippen LogP contribution is -2.41. The Bertz CT molecular complexity index is 685. The number of rotatable bonds is 4. The summed E-state index contributed by atoms with van der Waals surface area (Å²) in [6.07, 6.45) is -1.74. The number of halogens is 3. The van der Waals surface area contributed by atoms with Gasteiger partial charge in [-0.15, -0.1) is 0 Å². The highest BCUT2D eigenvalue weighted by molar-refractivity contribution is 5.81. The van der Waals surface area contributed by atoms with E-state index in [1.54, 1.807) is 29.6 Å². The molecule has 0 aromatic heterocycles. The maximum absolute atomic E-state index is 12.1. The summed E-state index contributed by atoms with van der Waals surface area (Å²) in [6.45, 7) is -0.492. The zero-order chi connectivity index (χ0) is 19.2. The molecular formula is C19H22F3NO3. The summed E-state index contributed by atoms with van der Waals surface area (Å²) in [6, 6.07) is 6.93. The Morgan fingerprint density at radius 2 is 1.96 bits per heavy atom. The molecule has 26 heavy (non-hydrogen) atoms. The van der Waals surface area contributed by atoms with E-state index in [0.29, 0.717) is 24.0 Å². The Hall–Kier alpha value is -2.04. The normalized spacial score (nSPS) is 17.7. The molecule has 1 atom stereocenters. The van der Waals surface area contributed by atoms with Crippen molar-refractivity contribution in [2.45, 2.75) is 56.4 Å². The molecule has 1 aromatic rings. The van der Waals surface area contributed by atoms with Gasteiger partial charge >= 0.3 is 12.1 Å². The van der Waals surface area contributed by atoms with E-state index in [2.05, 4.69) is 11.8 Å². The number of carbonyl (C=O) groups excluding carboxylic acids is 1. The summed E-state index contributed by atoms with van der Waals surface area (Å²) >= 11 is 0. The van der Waals surface area contributed by atoms with Crippen molar-refractivity contribution < 1.29 is 28.2 Å². The first kappa shape index (κ1) is 20.3. The average Bonchev–Trinajstić information content (AvgIpc) is 2.58. The molecule has 1 aliphatic carbocycles. The molecule has 1 aliphatic rings. The third-order valence-corrected chi connectivity index (χ3v) is 4.27. The van der Waals surface area contributed by atoms with Gasteiger partial charge in [0.05, 0.1) is 6.10 Å². The standard InChI is InChI=1S/C19H22F3NO3/c20-19(21,22)17(25)23-13-16(24)12-15-6-4-5-14(11-15)7-10-18(26)8-2-1-3-9-18/h4-6,11,16,24,26H,1-3,8-9,12-13H2,(H,23,25). The molecule has 0 saturated heterocycles. The number of carbonyl (C=O) groups is 1. The first-order valence-corrected chi connectivity index (χ1v) is 8.55. The van der Waals surface area contributed by atoms with Crippen molar-refractivity contribution in [1.82, 2.24) is 5.32 Å². The Labute approximate surface area is 150 Å². The topological polar surface area (TPSA) is 69.6 Å². The van der Waals surface area contributed by atoms with E-state index < -0.39 is 30.3 Å². The first-order chi connectivity index (χ1) is 12.2. The molecule has 1 unspecified atom stereocenters. The average molecular weight is 369 g/mol. The predicted molar refractivity (Wildman–Crippen MR) is 90.1 cm³/mol. The maximum atomic E-state index is 12.1. The Morgan fingerprint density at radius 3 is 2.62 bits per heavy atom. The van der Waals surface area contributed by atoms with Crippen LogP contribution in [0.2, 0.25) is 0 Å². The Balaban J connectivity index is 1.93. The summed E-state index contributed by atoms with van der Waals surface area (Å²) in [5.74, 6) is 3.78. The summed E-state index contributed by atoms with van der Waals surface area (Å²) in [5, 5.41) is 21.9. The molecule has 0 spiro atoms. The number of hydrogen-bond acceptors (Lipinski definition) is 3. The second kappa shape index (κ2) is 8.56. The van der Waals surface area contributed by atoms with Crippen LogP contribution < -0.4 is 5.32 Å². The lowest BCUT2D eigenvalue weighted by molar-refractivity contribution is -0.173. The lowest BCUT2D eigenvalue weighted by Gasteiger charge is -2.26. The first-order valence-electron chi connectivity index (χ1n) is 8.55. The van der Waals surface area contributed by atoms with Crippen LogP contribution in [-0.4, -0.2) is 40.5 Å². The van der Waals surface area contributed by atoms with Crippen molar-refractivity contribution >= 4 is 5.91 Å². The van der Waals surface area contributed by atoms with Crippen LogP contribution in [0.1, 0.15) is 43.2 Å². The van der Waals surface area contributed by atoms with Gasteiger partial charge in [-0.25, -0.2) is 0 Å². The van der Waals surface area contributed by atoms with Crippen LogP contribution in [0.3, 0.4) is 0 Å². The van der Waals surface area contributed by atoms with Crippen LogP contribution in [-0.2, 0) is 11.2 Å². The van der Waals surface area contributed by atoms with Crippen LogP contribution in [0.25, 0.3) is 0 Å². The number of aliphatic hydroxyl groups excluding tert-OH is 1. The zero-order valence-electron chi connectivity index (χ0n) is 14.3. The van der Waals surface area contributed by atoms with Gasteiger partial charge in [0.1, 0.15) is 5.60 Å². The molecule has 0 heterocycles. The molecule has 4 nitrogen and oxygen atoms in total. The number of amides is 1. The summed E-state index contributed by atoms with van der Waals surface area (Å²) in [5.41, 5.74) is 0.379. The number of benzene rings is 1. The second-order valence-corrected chi connectivity index (χ2v) is 6.61. The number of hydrogen-bond donors (Lipinski definition) is 3. The van der Waals surface area contributed by atoms with Gasteiger partial charge in [-0.1, -0.05) is 30.4 Å². The molecule has 1 aromatic carbocycles. The quantitative estimate of drug-likeness (QED) is 0.714. The van der Waals surface area contributed by atoms with Gasteiger partial charge in [0.2, 0.25) is 0 Å². The van der Waals surface area contributed by atoms with Crippen LogP contribution in [0.4, 0.5) is 13.2 Å². The van der Waals surface area contributed by atoms with E-state index in [-0.39, 0.29) is 6.42 Å². The van der Waals surface area contributed by atoms with Gasteiger partial charge in [0.25, 0.3) is 0 Å². The smallest absolute Gasteiger partial charge is 0.391 e. The third-order valence-electron chi connectivity index (χ3n) is 4.27. The summed E-state index contributed by atoms with van der Waals surface area (Å²) in [7, 11) is 0. The van der Waals surface area contributed by atoms with Gasteiger partial charge in [-0.2, -0.15) is 13.2 Å². The highest BCUT2D eigenvalue weighted by atomic mass is 19.4. The maximum Gasteiger partial charge on any atom is 0.471 e. The minimum Gasteiger partial charge on any atom is -0.391 e. The molecule has 7 heteroatoms. The van der Waals surface area contributed by atoms with E-state index >= 15 is 0 Å². The van der Waals surface area contributed by atoms with Crippen LogP contribution >= 0.6 is 0 Å². The van der Waals surface area contributed by atoms with Crippen molar-refractivity contribution in [2.24, 2.45) is 0 Å². The molecule has 2 rings (SSSR count). The Kier molecular flexibility index (Phi) is 6.68. The largest absolute Gasteiger partial charge is 0.471 e. The summed E-state index contributed by atoms with van der Waals surface area (Å²) in [4.78, 5) is 10.8. The van der Waals surface area contributed by atoms with Crippen molar-refractivity contribution in [3.05, 3.63) is 35.4 Å². The fraction of sp³-hybridized carbons (Fsp3) is 0.526.